The maximum absolute atomic E-state index is 7.33. The van der Waals surface area contributed by atoms with Gasteiger partial charge in [-0.3, -0.25) is 0 Å². The molecule has 0 saturated heterocycles. The van der Waals surface area contributed by atoms with Crippen molar-refractivity contribution < 1.29 is 24.7 Å². The van der Waals surface area contributed by atoms with Crippen molar-refractivity contribution in [2.75, 3.05) is 0 Å². The quantitative estimate of drug-likeness (QED) is 0.327. The zero-order valence-corrected chi connectivity index (χ0v) is 3.79. The summed E-state index contributed by atoms with van der Waals surface area (Å²) < 4.78 is 0. The van der Waals surface area contributed by atoms with E-state index < -0.39 is 9.05 Å². The first-order valence-corrected chi connectivity index (χ1v) is 2.68. The van der Waals surface area contributed by atoms with Gasteiger partial charge in [-0.25, -0.2) is 0 Å². The van der Waals surface area contributed by atoms with Crippen LogP contribution in [0.3, 0.4) is 0 Å². The van der Waals surface area contributed by atoms with Crippen LogP contribution in [0.5, 0.6) is 0 Å². The molecule has 0 unspecified atom stereocenters. The molecule has 0 aliphatic heterocycles. The summed E-state index contributed by atoms with van der Waals surface area (Å²) >= 11 is 0. The Morgan fingerprint density at radius 2 is 0.857 bits per heavy atom. The van der Waals surface area contributed by atoms with Crippen molar-refractivity contribution >= 4 is 57.9 Å². The van der Waals surface area contributed by atoms with Crippen LogP contribution in [-0.2, 0) is 0 Å². The predicted octanol–water partition coefficient (Wildman–Crippen LogP) is -4.35. The van der Waals surface area contributed by atoms with Gasteiger partial charge in [0.05, 0.1) is 0 Å². The van der Waals surface area contributed by atoms with Crippen LogP contribution in [0.2, 0.25) is 0 Å². The fourth-order valence-corrected chi connectivity index (χ4v) is 0. The van der Waals surface area contributed by atoms with Crippen LogP contribution >= 0.6 is 0 Å². The first-order valence-electron chi connectivity index (χ1n) is 0.894. The zero-order chi connectivity index (χ0) is 4.50. The fraction of sp³-hybridized carbons (Fsp3) is 0. The average Bonchev–Trinajstić information content (AvgIpc) is 0.722. The van der Waals surface area contributed by atoms with Crippen molar-refractivity contribution in [3.63, 3.8) is 0 Å². The molecule has 7 heteroatoms. The van der Waals surface area contributed by atoms with Crippen molar-refractivity contribution in [1.82, 2.24) is 0 Å². The van der Waals surface area contributed by atoms with E-state index in [0.717, 1.165) is 0 Å². The zero-order valence-electron chi connectivity index (χ0n) is 2.79. The van der Waals surface area contributed by atoms with E-state index in [2.05, 4.69) is 0 Å². The third kappa shape index (κ3) is 93.9. The molecule has 0 aliphatic rings. The minimum absolute atomic E-state index is 0. The van der Waals surface area contributed by atoms with Gasteiger partial charge >= 0.3 is 57.9 Å². The van der Waals surface area contributed by atoms with Crippen molar-refractivity contribution in [2.45, 2.75) is 0 Å². The van der Waals surface area contributed by atoms with Gasteiger partial charge < -0.3 is 24.7 Å². The standard InChI is InChI=1S/Ba.H4O4Si.H2O.2H/c;1-5(2,3)4;;;/h;1-4H;1H2;;. The molecule has 0 aliphatic carbocycles. The second kappa shape index (κ2) is 5.72. The summed E-state index contributed by atoms with van der Waals surface area (Å²) in [4.78, 5) is 29.3. The molecule has 0 rings (SSSR count). The van der Waals surface area contributed by atoms with Crippen molar-refractivity contribution in [1.29, 1.82) is 0 Å². The van der Waals surface area contributed by atoms with Gasteiger partial charge in [0.2, 0.25) is 0 Å². The van der Waals surface area contributed by atoms with Crippen LogP contribution < -0.4 is 0 Å². The summed E-state index contributed by atoms with van der Waals surface area (Å²) in [5, 5.41) is 0. The first-order chi connectivity index (χ1) is 2.00. The molecule has 0 radical (unpaired) electrons. The summed E-state index contributed by atoms with van der Waals surface area (Å²) in [6.45, 7) is 0. The van der Waals surface area contributed by atoms with Crippen LogP contribution in [0.4, 0.5) is 0 Å². The van der Waals surface area contributed by atoms with Gasteiger partial charge in [-0.2, -0.15) is 0 Å². The van der Waals surface area contributed by atoms with Crippen LogP contribution in [0.15, 0.2) is 0 Å². The Labute approximate surface area is 81.5 Å². The molecule has 0 aromatic rings. The molecule has 0 fully saturated rings. The van der Waals surface area contributed by atoms with E-state index in [1.54, 1.807) is 0 Å². The van der Waals surface area contributed by atoms with Crippen molar-refractivity contribution in [2.24, 2.45) is 0 Å². The van der Waals surface area contributed by atoms with Gasteiger partial charge in [0, 0.05) is 0 Å². The Kier molecular flexibility index (Phi) is 12.9. The monoisotopic (exact) mass is 254 g/mol. The SMILES string of the molecule is O.O[Si](O)(O)O.[BaH2]. The second-order valence-electron chi connectivity index (χ2n) is 0.600. The summed E-state index contributed by atoms with van der Waals surface area (Å²) in [6, 6.07) is 0. The normalized spacial score (nSPS) is 8.57. The fourth-order valence-electron chi connectivity index (χ4n) is 0. The van der Waals surface area contributed by atoms with Gasteiger partial charge in [-0.15, -0.1) is 0 Å². The molecule has 6 N–H and O–H groups in total. The maximum atomic E-state index is 7.33. The van der Waals surface area contributed by atoms with Gasteiger partial charge in [0.15, 0.2) is 0 Å². The molecule has 0 amide bonds. The van der Waals surface area contributed by atoms with E-state index in [1.165, 1.54) is 0 Å². The Balaban J connectivity index is -0.0000000800. The summed E-state index contributed by atoms with van der Waals surface area (Å²) in [7, 11) is -4.61. The van der Waals surface area contributed by atoms with Gasteiger partial charge in [-0.05, 0) is 0 Å². The van der Waals surface area contributed by atoms with Gasteiger partial charge in [0.25, 0.3) is 0 Å². The molecular formula is H8BaO5Si. The van der Waals surface area contributed by atoms with Crippen LogP contribution in [0.1, 0.15) is 0 Å². The Morgan fingerprint density at radius 3 is 0.857 bits per heavy atom. The topological polar surface area (TPSA) is 112 Å². The molecule has 0 spiro atoms. The number of hydrogen-bond donors (Lipinski definition) is 4. The summed E-state index contributed by atoms with van der Waals surface area (Å²) in [5.41, 5.74) is 0. The van der Waals surface area contributed by atoms with E-state index in [-0.39, 0.29) is 54.4 Å². The van der Waals surface area contributed by atoms with Gasteiger partial charge in [0.1, 0.15) is 0 Å². The third-order valence-corrected chi connectivity index (χ3v) is 0. The van der Waals surface area contributed by atoms with E-state index in [4.69, 9.17) is 19.2 Å². The molecule has 0 saturated carbocycles. The Bertz CT molecular complexity index is 23.6. The molecule has 0 bridgehead atoms. The van der Waals surface area contributed by atoms with Crippen molar-refractivity contribution in [3.05, 3.63) is 0 Å². The summed E-state index contributed by atoms with van der Waals surface area (Å²) in [5.74, 6) is 0. The molecule has 5 nitrogen and oxygen atoms in total. The van der Waals surface area contributed by atoms with E-state index >= 15 is 0 Å². The molecule has 7 heavy (non-hydrogen) atoms. The van der Waals surface area contributed by atoms with Crippen LogP contribution in [0, 0.1) is 0 Å². The van der Waals surface area contributed by atoms with Crippen LogP contribution in [-0.4, -0.2) is 82.6 Å². The molecule has 0 heterocycles. The van der Waals surface area contributed by atoms with Crippen LogP contribution in [0.25, 0.3) is 0 Å². The average molecular weight is 253 g/mol. The molecule has 0 atom stereocenters. The van der Waals surface area contributed by atoms with Crippen molar-refractivity contribution in [3.8, 4) is 0 Å². The first kappa shape index (κ1) is 15.8. The molecule has 0 aromatic carbocycles. The Morgan fingerprint density at radius 1 is 0.857 bits per heavy atom. The molecular weight excluding hydrogens is 245 g/mol. The van der Waals surface area contributed by atoms with E-state index in [9.17, 15) is 0 Å². The molecule has 0 aromatic heterocycles. The van der Waals surface area contributed by atoms with E-state index in [1.807, 2.05) is 0 Å². The number of rotatable bonds is 0. The minimum atomic E-state index is -4.61. The Hall–Kier alpha value is 1.59. The third-order valence-electron chi connectivity index (χ3n) is 0. The van der Waals surface area contributed by atoms with E-state index in [0.29, 0.717) is 0 Å². The second-order valence-corrected chi connectivity index (χ2v) is 1.80. The molecule has 44 valence electrons. The predicted molar refractivity (Wildman–Crippen MR) is 26.8 cm³/mol. The number of hydrogen-bond acceptors (Lipinski definition) is 4. The summed E-state index contributed by atoms with van der Waals surface area (Å²) in [6.07, 6.45) is 0. The van der Waals surface area contributed by atoms with Gasteiger partial charge in [-0.1, -0.05) is 0 Å².